The van der Waals surface area contributed by atoms with E-state index in [2.05, 4.69) is 0 Å². The molecule has 1 rings (SSSR count). The Labute approximate surface area is 109 Å². The second-order valence-electron chi connectivity index (χ2n) is 4.05. The molecule has 0 heterocycles. The summed E-state index contributed by atoms with van der Waals surface area (Å²) in [5.41, 5.74) is 4.24. The molecule has 0 aliphatic carbocycles. The molecule has 0 aliphatic heterocycles. The lowest BCUT2D eigenvalue weighted by Gasteiger charge is -2.15. The number of aliphatic hydroxyl groups is 1. The van der Waals surface area contributed by atoms with Gasteiger partial charge in [0.2, 0.25) is 0 Å². The van der Waals surface area contributed by atoms with Crippen molar-refractivity contribution in [3.8, 4) is 0 Å². The lowest BCUT2D eigenvalue weighted by Crippen LogP contribution is -2.31. The van der Waals surface area contributed by atoms with Gasteiger partial charge in [0.1, 0.15) is 0 Å². The van der Waals surface area contributed by atoms with E-state index in [1.165, 1.54) is 6.07 Å². The molecule has 19 heavy (non-hydrogen) atoms. The van der Waals surface area contributed by atoms with Crippen LogP contribution in [0.15, 0.2) is 29.2 Å². The Morgan fingerprint density at radius 2 is 1.84 bits per heavy atom. The topological polar surface area (TPSA) is 80.4 Å². The van der Waals surface area contributed by atoms with Crippen molar-refractivity contribution in [2.75, 3.05) is 12.4 Å². The zero-order valence-corrected chi connectivity index (χ0v) is 10.7. The molecule has 0 amide bonds. The van der Waals surface area contributed by atoms with E-state index < -0.39 is 38.3 Å². The Balaban J connectivity index is 3.16. The highest BCUT2D eigenvalue weighted by atomic mass is 32.2. The van der Waals surface area contributed by atoms with E-state index in [0.717, 1.165) is 12.1 Å². The highest BCUT2D eigenvalue weighted by Gasteiger charge is 2.37. The first-order valence-electron chi connectivity index (χ1n) is 5.44. The highest BCUT2D eigenvalue weighted by molar-refractivity contribution is 7.91. The van der Waals surface area contributed by atoms with Crippen molar-refractivity contribution >= 4 is 9.84 Å². The van der Waals surface area contributed by atoms with Crippen LogP contribution in [0.4, 0.5) is 13.2 Å². The van der Waals surface area contributed by atoms with Gasteiger partial charge in [0.05, 0.1) is 16.2 Å². The second kappa shape index (κ2) is 5.89. The number of hydrogen-bond acceptors (Lipinski definition) is 4. The molecule has 0 radical (unpaired) electrons. The maximum Gasteiger partial charge on any atom is 0.417 e. The Kier molecular flexibility index (Phi) is 4.94. The van der Waals surface area contributed by atoms with Crippen molar-refractivity contribution in [2.45, 2.75) is 23.5 Å². The van der Waals surface area contributed by atoms with Crippen molar-refractivity contribution in [3.63, 3.8) is 0 Å². The Bertz CT molecular complexity index is 528. The molecule has 1 aromatic carbocycles. The van der Waals surface area contributed by atoms with Gasteiger partial charge >= 0.3 is 6.18 Å². The first-order chi connectivity index (χ1) is 8.68. The van der Waals surface area contributed by atoms with Gasteiger partial charge in [-0.3, -0.25) is 0 Å². The standard InChI is InChI=1S/C11H14F3NO3S/c12-11(13,14)9-3-1-2-4-10(9)19(17,18)7-8(15)5-6-16/h1-4,8,16H,5-7,15H2. The van der Waals surface area contributed by atoms with Gasteiger partial charge in [-0.2, -0.15) is 13.2 Å². The molecule has 1 atom stereocenters. The van der Waals surface area contributed by atoms with Crippen LogP contribution in [0.3, 0.4) is 0 Å². The third-order valence-electron chi connectivity index (χ3n) is 2.46. The van der Waals surface area contributed by atoms with E-state index in [1.54, 1.807) is 0 Å². The number of hydrogen-bond donors (Lipinski definition) is 2. The molecule has 0 spiro atoms. The normalized spacial score (nSPS) is 14.4. The van der Waals surface area contributed by atoms with Crippen LogP contribution in [0.25, 0.3) is 0 Å². The summed E-state index contributed by atoms with van der Waals surface area (Å²) in [5, 5.41) is 8.63. The maximum absolute atomic E-state index is 12.7. The summed E-state index contributed by atoms with van der Waals surface area (Å²) in [7, 11) is -4.15. The first-order valence-corrected chi connectivity index (χ1v) is 7.09. The molecule has 108 valence electrons. The molecule has 4 nitrogen and oxygen atoms in total. The fourth-order valence-corrected chi connectivity index (χ4v) is 3.31. The number of aliphatic hydroxyl groups excluding tert-OH is 1. The van der Waals surface area contributed by atoms with Gasteiger partial charge in [-0.15, -0.1) is 0 Å². The minimum atomic E-state index is -4.75. The fraction of sp³-hybridized carbons (Fsp3) is 0.455. The smallest absolute Gasteiger partial charge is 0.396 e. The van der Waals surface area contributed by atoms with E-state index >= 15 is 0 Å². The van der Waals surface area contributed by atoms with Gasteiger partial charge in [0, 0.05) is 12.6 Å². The summed E-state index contributed by atoms with van der Waals surface area (Å²) in [5.74, 6) is -0.638. The Morgan fingerprint density at radius 3 is 2.37 bits per heavy atom. The minimum absolute atomic E-state index is 0.00736. The van der Waals surface area contributed by atoms with Gasteiger partial charge in [-0.05, 0) is 18.6 Å². The van der Waals surface area contributed by atoms with Crippen LogP contribution in [0.2, 0.25) is 0 Å². The van der Waals surface area contributed by atoms with E-state index in [0.29, 0.717) is 6.07 Å². The first kappa shape index (κ1) is 15.9. The summed E-state index contributed by atoms with van der Waals surface area (Å²) >= 11 is 0. The largest absolute Gasteiger partial charge is 0.417 e. The van der Waals surface area contributed by atoms with Gasteiger partial charge in [0.25, 0.3) is 0 Å². The zero-order valence-electron chi connectivity index (χ0n) is 9.89. The summed E-state index contributed by atoms with van der Waals surface area (Å²) in [6.45, 7) is -0.322. The van der Waals surface area contributed by atoms with Crippen LogP contribution in [0.1, 0.15) is 12.0 Å². The quantitative estimate of drug-likeness (QED) is 0.855. The van der Waals surface area contributed by atoms with Gasteiger partial charge in [0.15, 0.2) is 9.84 Å². The monoisotopic (exact) mass is 297 g/mol. The predicted molar refractivity (Wildman–Crippen MR) is 63.2 cm³/mol. The number of halogens is 3. The van der Waals surface area contributed by atoms with Crippen LogP contribution >= 0.6 is 0 Å². The van der Waals surface area contributed by atoms with E-state index in [1.807, 2.05) is 0 Å². The summed E-state index contributed by atoms with van der Waals surface area (Å²) < 4.78 is 62.0. The maximum atomic E-state index is 12.7. The lowest BCUT2D eigenvalue weighted by molar-refractivity contribution is -0.139. The Morgan fingerprint density at radius 1 is 1.26 bits per heavy atom. The fourth-order valence-electron chi connectivity index (χ4n) is 1.59. The molecule has 0 saturated heterocycles. The lowest BCUT2D eigenvalue weighted by atomic mass is 10.2. The predicted octanol–water partition coefficient (Wildman–Crippen LogP) is 1.19. The van der Waals surface area contributed by atoms with Gasteiger partial charge in [-0.1, -0.05) is 12.1 Å². The summed E-state index contributed by atoms with van der Waals surface area (Å²) in [6, 6.07) is 3.06. The molecule has 8 heteroatoms. The molecule has 3 N–H and O–H groups in total. The zero-order chi connectivity index (χ0) is 14.7. The number of rotatable bonds is 5. The molecule has 0 bridgehead atoms. The van der Waals surface area contributed by atoms with Crippen molar-refractivity contribution in [1.82, 2.24) is 0 Å². The third-order valence-corrected chi connectivity index (χ3v) is 4.35. The molecular formula is C11H14F3NO3S. The SMILES string of the molecule is NC(CCO)CS(=O)(=O)c1ccccc1C(F)(F)F. The van der Waals surface area contributed by atoms with Crippen molar-refractivity contribution in [1.29, 1.82) is 0 Å². The minimum Gasteiger partial charge on any atom is -0.396 e. The van der Waals surface area contributed by atoms with Crippen LogP contribution in [0, 0.1) is 0 Å². The molecule has 0 fully saturated rings. The van der Waals surface area contributed by atoms with E-state index in [-0.39, 0.29) is 13.0 Å². The average Bonchev–Trinajstić information content (AvgIpc) is 2.27. The number of nitrogens with two attached hydrogens (primary N) is 1. The van der Waals surface area contributed by atoms with Crippen LogP contribution in [0.5, 0.6) is 0 Å². The molecule has 0 aromatic heterocycles. The summed E-state index contributed by atoms with van der Waals surface area (Å²) in [4.78, 5) is -0.782. The van der Waals surface area contributed by atoms with Gasteiger partial charge < -0.3 is 10.8 Å². The highest BCUT2D eigenvalue weighted by Crippen LogP contribution is 2.34. The molecular weight excluding hydrogens is 283 g/mol. The molecule has 0 aliphatic rings. The van der Waals surface area contributed by atoms with Crippen molar-refractivity contribution in [3.05, 3.63) is 29.8 Å². The van der Waals surface area contributed by atoms with E-state index in [4.69, 9.17) is 10.8 Å². The van der Waals surface area contributed by atoms with Gasteiger partial charge in [-0.25, -0.2) is 8.42 Å². The summed E-state index contributed by atoms with van der Waals surface area (Å²) in [6.07, 6.45) is -4.74. The van der Waals surface area contributed by atoms with E-state index in [9.17, 15) is 21.6 Å². The van der Waals surface area contributed by atoms with Crippen LogP contribution < -0.4 is 5.73 Å². The number of alkyl halides is 3. The number of sulfone groups is 1. The third kappa shape index (κ3) is 4.19. The average molecular weight is 297 g/mol. The molecule has 1 aromatic rings. The number of benzene rings is 1. The van der Waals surface area contributed by atoms with Crippen molar-refractivity contribution in [2.24, 2.45) is 5.73 Å². The molecule has 0 saturated carbocycles. The van der Waals surface area contributed by atoms with Crippen LogP contribution in [-0.4, -0.2) is 31.9 Å². The Hall–Kier alpha value is -1.12. The van der Waals surface area contributed by atoms with Crippen molar-refractivity contribution < 1.29 is 26.7 Å². The van der Waals surface area contributed by atoms with Crippen LogP contribution in [-0.2, 0) is 16.0 Å². The molecule has 1 unspecified atom stereocenters. The second-order valence-corrected chi connectivity index (χ2v) is 6.05.